The van der Waals surface area contributed by atoms with E-state index in [-0.39, 0.29) is 30.6 Å². The molecular weight excluding hydrogens is 403 g/mol. The maximum absolute atomic E-state index is 9.19. The van der Waals surface area contributed by atoms with E-state index in [1.807, 2.05) is 18.2 Å². The molecule has 0 saturated carbocycles. The number of nitrogens with zero attached hydrogens (tertiary/aromatic N) is 2. The van der Waals surface area contributed by atoms with E-state index >= 15 is 0 Å². The first kappa shape index (κ1) is 22.1. The molecule has 1 atom stereocenters. The molecule has 1 heterocycles. The molecule has 5 nitrogen and oxygen atoms in total. The van der Waals surface area contributed by atoms with E-state index in [0.717, 1.165) is 37.6 Å². The largest absolute Gasteiger partial charge is 0.396 e. The topological polar surface area (TPSA) is 69.5 Å². The number of aromatic nitrogens is 1. The van der Waals surface area contributed by atoms with Gasteiger partial charge >= 0.3 is 0 Å². The molecule has 23 heavy (non-hydrogen) atoms. The lowest BCUT2D eigenvalue weighted by molar-refractivity contribution is 0.243. The first-order valence-electron chi connectivity index (χ1n) is 8.18. The molecule has 0 aliphatic carbocycles. The van der Waals surface area contributed by atoms with Crippen LogP contribution in [0.25, 0.3) is 0 Å². The second kappa shape index (κ2) is 13.5. The van der Waals surface area contributed by atoms with Crippen molar-refractivity contribution in [3.05, 3.63) is 30.1 Å². The highest BCUT2D eigenvalue weighted by molar-refractivity contribution is 14.0. The average molecular weight is 434 g/mol. The van der Waals surface area contributed by atoms with Gasteiger partial charge in [-0.2, -0.15) is 0 Å². The Kier molecular flexibility index (Phi) is 13.0. The Morgan fingerprint density at radius 2 is 2.09 bits per heavy atom. The highest BCUT2D eigenvalue weighted by atomic mass is 127. The van der Waals surface area contributed by atoms with E-state index in [1.165, 1.54) is 0 Å². The molecule has 0 bridgehead atoms. The van der Waals surface area contributed by atoms with Gasteiger partial charge in [0.1, 0.15) is 0 Å². The zero-order valence-corrected chi connectivity index (χ0v) is 16.8. The SMILES string of the molecule is CCNC(=NCc1ccccn1)NCC(CCO)CC(C)C.I. The van der Waals surface area contributed by atoms with Crippen LogP contribution in [-0.4, -0.2) is 35.7 Å². The zero-order chi connectivity index (χ0) is 16.2. The molecule has 3 N–H and O–H groups in total. The van der Waals surface area contributed by atoms with E-state index in [1.54, 1.807) is 6.20 Å². The van der Waals surface area contributed by atoms with Gasteiger partial charge in [-0.1, -0.05) is 19.9 Å². The number of hydrogen-bond acceptors (Lipinski definition) is 3. The normalized spacial score (nSPS) is 12.7. The van der Waals surface area contributed by atoms with Crippen molar-refractivity contribution < 1.29 is 5.11 Å². The predicted molar refractivity (Wildman–Crippen MR) is 107 cm³/mol. The van der Waals surface area contributed by atoms with Crippen molar-refractivity contribution in [2.75, 3.05) is 19.7 Å². The molecule has 0 radical (unpaired) electrons. The summed E-state index contributed by atoms with van der Waals surface area (Å²) in [5.41, 5.74) is 0.953. The van der Waals surface area contributed by atoms with Gasteiger partial charge in [-0.15, -0.1) is 24.0 Å². The van der Waals surface area contributed by atoms with Crippen LogP contribution in [0.3, 0.4) is 0 Å². The lowest BCUT2D eigenvalue weighted by Crippen LogP contribution is -2.40. The molecule has 1 aromatic heterocycles. The average Bonchev–Trinajstić information content (AvgIpc) is 2.50. The summed E-state index contributed by atoms with van der Waals surface area (Å²) in [6, 6.07) is 5.85. The van der Waals surface area contributed by atoms with Crippen LogP contribution < -0.4 is 10.6 Å². The molecule has 0 amide bonds. The lowest BCUT2D eigenvalue weighted by Gasteiger charge is -2.20. The minimum atomic E-state index is 0. The fourth-order valence-corrected chi connectivity index (χ4v) is 2.39. The van der Waals surface area contributed by atoms with Gasteiger partial charge in [0, 0.05) is 25.9 Å². The van der Waals surface area contributed by atoms with Crippen LogP contribution in [0.5, 0.6) is 0 Å². The molecule has 0 spiro atoms. The Hall–Kier alpha value is -0.890. The molecule has 0 fully saturated rings. The van der Waals surface area contributed by atoms with Crippen molar-refractivity contribution in [1.82, 2.24) is 15.6 Å². The Balaban J connectivity index is 0.00000484. The van der Waals surface area contributed by atoms with E-state index < -0.39 is 0 Å². The van der Waals surface area contributed by atoms with Gasteiger partial charge in [0.2, 0.25) is 0 Å². The van der Waals surface area contributed by atoms with Crippen LogP contribution >= 0.6 is 24.0 Å². The van der Waals surface area contributed by atoms with Gasteiger partial charge in [0.15, 0.2) is 5.96 Å². The van der Waals surface area contributed by atoms with E-state index in [4.69, 9.17) is 0 Å². The summed E-state index contributed by atoms with van der Waals surface area (Å²) in [7, 11) is 0. The Morgan fingerprint density at radius 1 is 1.30 bits per heavy atom. The summed E-state index contributed by atoms with van der Waals surface area (Å²) in [5, 5.41) is 15.8. The maximum atomic E-state index is 9.19. The first-order chi connectivity index (χ1) is 10.7. The fraction of sp³-hybridized carbons (Fsp3) is 0.647. The molecule has 1 aromatic rings. The molecule has 132 valence electrons. The number of halogens is 1. The smallest absolute Gasteiger partial charge is 0.191 e. The van der Waals surface area contributed by atoms with Crippen LogP contribution in [0.4, 0.5) is 0 Å². The monoisotopic (exact) mass is 434 g/mol. The quantitative estimate of drug-likeness (QED) is 0.318. The number of aliphatic hydroxyl groups is 1. The van der Waals surface area contributed by atoms with Crippen LogP contribution in [0, 0.1) is 11.8 Å². The van der Waals surface area contributed by atoms with Gasteiger partial charge in [0.05, 0.1) is 12.2 Å². The van der Waals surface area contributed by atoms with Crippen molar-refractivity contribution in [3.8, 4) is 0 Å². The number of pyridine rings is 1. The summed E-state index contributed by atoms with van der Waals surface area (Å²) < 4.78 is 0. The van der Waals surface area contributed by atoms with Gasteiger partial charge in [-0.25, -0.2) is 4.99 Å². The van der Waals surface area contributed by atoms with Gasteiger partial charge in [-0.3, -0.25) is 4.98 Å². The third-order valence-corrected chi connectivity index (χ3v) is 3.37. The zero-order valence-electron chi connectivity index (χ0n) is 14.5. The summed E-state index contributed by atoms with van der Waals surface area (Å²) in [4.78, 5) is 8.84. The van der Waals surface area contributed by atoms with Crippen molar-refractivity contribution >= 4 is 29.9 Å². The molecule has 6 heteroatoms. The molecule has 0 aliphatic heterocycles. The molecule has 0 saturated heterocycles. The molecule has 1 rings (SSSR count). The van der Waals surface area contributed by atoms with Gasteiger partial charge < -0.3 is 15.7 Å². The number of aliphatic hydroxyl groups excluding tert-OH is 1. The summed E-state index contributed by atoms with van der Waals surface area (Å²) in [5.74, 6) is 1.90. The van der Waals surface area contributed by atoms with Crippen LogP contribution in [0.2, 0.25) is 0 Å². The molecule has 0 aromatic carbocycles. The third kappa shape index (κ3) is 10.5. The second-order valence-corrected chi connectivity index (χ2v) is 5.90. The second-order valence-electron chi connectivity index (χ2n) is 5.90. The number of hydrogen-bond donors (Lipinski definition) is 3. The van der Waals surface area contributed by atoms with Crippen LogP contribution in [0.15, 0.2) is 29.4 Å². The number of guanidine groups is 1. The Bertz CT molecular complexity index is 426. The summed E-state index contributed by atoms with van der Waals surface area (Å²) in [6.07, 6.45) is 3.71. The number of aliphatic imine (C=N–C) groups is 1. The highest BCUT2D eigenvalue weighted by Crippen LogP contribution is 2.14. The minimum absolute atomic E-state index is 0. The van der Waals surface area contributed by atoms with Crippen molar-refractivity contribution in [2.24, 2.45) is 16.8 Å². The third-order valence-electron chi connectivity index (χ3n) is 3.37. The van der Waals surface area contributed by atoms with Gasteiger partial charge in [0.25, 0.3) is 0 Å². The van der Waals surface area contributed by atoms with Crippen molar-refractivity contribution in [3.63, 3.8) is 0 Å². The standard InChI is InChI=1S/C17H30N4O.HI/c1-4-18-17(21-13-16-7-5-6-9-19-16)20-12-15(8-10-22)11-14(2)3;/h5-7,9,14-15,22H,4,8,10-13H2,1-3H3,(H2,18,20,21);1H. The van der Waals surface area contributed by atoms with E-state index in [0.29, 0.717) is 18.4 Å². The Morgan fingerprint density at radius 3 is 2.65 bits per heavy atom. The summed E-state index contributed by atoms with van der Waals surface area (Å²) in [6.45, 7) is 8.92. The predicted octanol–water partition coefficient (Wildman–Crippen LogP) is 2.80. The van der Waals surface area contributed by atoms with Crippen LogP contribution in [0.1, 0.15) is 39.3 Å². The first-order valence-corrected chi connectivity index (χ1v) is 8.18. The van der Waals surface area contributed by atoms with E-state index in [2.05, 4.69) is 41.4 Å². The Labute approximate surface area is 157 Å². The van der Waals surface area contributed by atoms with Crippen LogP contribution in [-0.2, 0) is 6.54 Å². The van der Waals surface area contributed by atoms with Crippen molar-refractivity contribution in [2.45, 2.75) is 40.2 Å². The summed E-state index contributed by atoms with van der Waals surface area (Å²) >= 11 is 0. The van der Waals surface area contributed by atoms with Crippen molar-refractivity contribution in [1.29, 1.82) is 0 Å². The minimum Gasteiger partial charge on any atom is -0.396 e. The highest BCUT2D eigenvalue weighted by Gasteiger charge is 2.11. The molecule has 0 aliphatic rings. The molecule has 1 unspecified atom stereocenters. The van der Waals surface area contributed by atoms with Gasteiger partial charge in [-0.05, 0) is 43.7 Å². The lowest BCUT2D eigenvalue weighted by atomic mass is 9.94. The maximum Gasteiger partial charge on any atom is 0.191 e. The number of rotatable bonds is 9. The van der Waals surface area contributed by atoms with E-state index in [9.17, 15) is 5.11 Å². The fourth-order valence-electron chi connectivity index (χ4n) is 2.39. The number of nitrogens with one attached hydrogen (secondary N) is 2. The molecular formula is C17H31IN4O.